The Kier molecular flexibility index (Phi) is 2.86. The zero-order chi connectivity index (χ0) is 15.3. The number of nitrogens with zero attached hydrogens (tertiary/aromatic N) is 2. The predicted molar refractivity (Wildman–Crippen MR) is 86.9 cm³/mol. The molecule has 0 atom stereocenters. The summed E-state index contributed by atoms with van der Waals surface area (Å²) in [6.45, 7) is 3.50. The molecular formula is C18H19N3O. The van der Waals surface area contributed by atoms with Crippen LogP contribution in [-0.4, -0.2) is 26.9 Å². The van der Waals surface area contributed by atoms with Gasteiger partial charge in [-0.15, -0.1) is 0 Å². The maximum atomic E-state index is 13.0. The molecule has 4 heteroatoms. The molecule has 4 rings (SSSR count). The van der Waals surface area contributed by atoms with Crippen molar-refractivity contribution in [1.82, 2.24) is 14.5 Å². The number of H-pyrrole nitrogens is 1. The van der Waals surface area contributed by atoms with Crippen LogP contribution in [0, 0.1) is 6.92 Å². The van der Waals surface area contributed by atoms with Crippen molar-refractivity contribution in [2.45, 2.75) is 19.9 Å². The molecule has 1 N–H and O–H groups in total. The Hall–Kier alpha value is -2.49. The number of carbonyl (C=O) groups is 1. The number of hydrogen-bond donors (Lipinski definition) is 1. The van der Waals surface area contributed by atoms with Crippen molar-refractivity contribution in [3.8, 4) is 0 Å². The van der Waals surface area contributed by atoms with Crippen molar-refractivity contribution >= 4 is 16.8 Å². The molecular weight excluding hydrogens is 274 g/mol. The Balaban J connectivity index is 1.77. The lowest BCUT2D eigenvalue weighted by molar-refractivity contribution is 0.0725. The van der Waals surface area contributed by atoms with Gasteiger partial charge in [-0.3, -0.25) is 4.79 Å². The van der Waals surface area contributed by atoms with Gasteiger partial charge in [-0.25, -0.2) is 0 Å². The first-order valence-electron chi connectivity index (χ1n) is 7.65. The van der Waals surface area contributed by atoms with Gasteiger partial charge in [0, 0.05) is 48.5 Å². The summed E-state index contributed by atoms with van der Waals surface area (Å²) < 4.78 is 2.17. The molecule has 0 bridgehead atoms. The van der Waals surface area contributed by atoms with Crippen LogP contribution in [0.5, 0.6) is 0 Å². The van der Waals surface area contributed by atoms with Crippen LogP contribution in [-0.2, 0) is 20.0 Å². The van der Waals surface area contributed by atoms with Crippen LogP contribution in [0.25, 0.3) is 10.9 Å². The predicted octanol–water partition coefficient (Wildman–Crippen LogP) is 3.01. The zero-order valence-electron chi connectivity index (χ0n) is 12.9. The quantitative estimate of drug-likeness (QED) is 0.775. The molecule has 112 valence electrons. The molecule has 0 saturated carbocycles. The van der Waals surface area contributed by atoms with Crippen molar-refractivity contribution < 1.29 is 4.79 Å². The number of aryl methyl sites for hydroxylation is 2. The molecule has 3 aromatic rings. The molecule has 0 aliphatic carbocycles. The number of para-hydroxylation sites is 1. The van der Waals surface area contributed by atoms with Gasteiger partial charge in [0.25, 0.3) is 5.91 Å². The Labute approximate surface area is 129 Å². The first-order chi connectivity index (χ1) is 10.7. The Morgan fingerprint density at radius 3 is 2.82 bits per heavy atom. The van der Waals surface area contributed by atoms with E-state index in [9.17, 15) is 4.79 Å². The summed E-state index contributed by atoms with van der Waals surface area (Å²) in [5.41, 5.74) is 5.51. The van der Waals surface area contributed by atoms with Gasteiger partial charge < -0.3 is 14.5 Å². The van der Waals surface area contributed by atoms with Crippen molar-refractivity contribution in [1.29, 1.82) is 0 Å². The third-order valence-corrected chi connectivity index (χ3v) is 4.76. The summed E-state index contributed by atoms with van der Waals surface area (Å²) in [5.74, 6) is 0.145. The second-order valence-electron chi connectivity index (χ2n) is 6.01. The van der Waals surface area contributed by atoms with Gasteiger partial charge >= 0.3 is 0 Å². The summed E-state index contributed by atoms with van der Waals surface area (Å²) >= 11 is 0. The van der Waals surface area contributed by atoms with E-state index in [-0.39, 0.29) is 5.91 Å². The summed E-state index contributed by atoms with van der Waals surface area (Å²) in [4.78, 5) is 18.2. The average molecular weight is 293 g/mol. The number of aromatic nitrogens is 2. The van der Waals surface area contributed by atoms with E-state index in [0.29, 0.717) is 6.54 Å². The molecule has 0 fully saturated rings. The van der Waals surface area contributed by atoms with Gasteiger partial charge in [-0.2, -0.15) is 0 Å². The molecule has 1 aromatic carbocycles. The smallest absolute Gasteiger partial charge is 0.256 e. The number of amides is 1. The van der Waals surface area contributed by atoms with Crippen molar-refractivity contribution in [2.75, 3.05) is 6.54 Å². The second kappa shape index (κ2) is 4.77. The highest BCUT2D eigenvalue weighted by atomic mass is 16.2. The first-order valence-corrected chi connectivity index (χ1v) is 7.65. The summed E-state index contributed by atoms with van der Waals surface area (Å²) in [5, 5.41) is 1.07. The van der Waals surface area contributed by atoms with E-state index in [1.807, 2.05) is 29.3 Å². The van der Waals surface area contributed by atoms with Gasteiger partial charge in [-0.05, 0) is 24.6 Å². The lowest BCUT2D eigenvalue weighted by Gasteiger charge is -2.27. The number of fused-ring (bicyclic) bond motifs is 3. The maximum absolute atomic E-state index is 13.0. The van der Waals surface area contributed by atoms with Crippen molar-refractivity contribution in [3.63, 3.8) is 0 Å². The van der Waals surface area contributed by atoms with E-state index < -0.39 is 0 Å². The van der Waals surface area contributed by atoms with Crippen molar-refractivity contribution in [2.24, 2.45) is 7.05 Å². The minimum absolute atomic E-state index is 0.145. The summed E-state index contributed by atoms with van der Waals surface area (Å²) in [6.07, 6.45) is 2.84. The fourth-order valence-corrected chi connectivity index (χ4v) is 3.47. The van der Waals surface area contributed by atoms with Crippen molar-refractivity contribution in [3.05, 3.63) is 59.0 Å². The van der Waals surface area contributed by atoms with E-state index >= 15 is 0 Å². The zero-order valence-corrected chi connectivity index (χ0v) is 12.9. The van der Waals surface area contributed by atoms with Crippen LogP contribution in [0.2, 0.25) is 0 Å². The van der Waals surface area contributed by atoms with Gasteiger partial charge in [0.1, 0.15) is 0 Å². The third-order valence-electron chi connectivity index (χ3n) is 4.76. The highest BCUT2D eigenvalue weighted by Gasteiger charge is 2.29. The molecule has 3 heterocycles. The molecule has 4 nitrogen and oxygen atoms in total. The van der Waals surface area contributed by atoms with Crippen LogP contribution in [0.15, 0.2) is 36.5 Å². The molecule has 1 amide bonds. The fourth-order valence-electron chi connectivity index (χ4n) is 3.47. The molecule has 0 spiro atoms. The summed E-state index contributed by atoms with van der Waals surface area (Å²) in [7, 11) is 2.05. The Morgan fingerprint density at radius 1 is 1.23 bits per heavy atom. The Morgan fingerprint density at radius 2 is 2.05 bits per heavy atom. The minimum Gasteiger partial charge on any atom is -0.363 e. The lowest BCUT2D eigenvalue weighted by Crippen LogP contribution is -2.37. The minimum atomic E-state index is 0.145. The van der Waals surface area contributed by atoms with E-state index in [4.69, 9.17) is 0 Å². The van der Waals surface area contributed by atoms with E-state index in [1.54, 1.807) is 0 Å². The third kappa shape index (κ3) is 1.80. The van der Waals surface area contributed by atoms with E-state index in [2.05, 4.69) is 35.7 Å². The molecule has 0 saturated heterocycles. The number of benzene rings is 1. The topological polar surface area (TPSA) is 41.0 Å². The number of rotatable bonds is 2. The largest absolute Gasteiger partial charge is 0.363 e. The average Bonchev–Trinajstić information content (AvgIpc) is 3.05. The van der Waals surface area contributed by atoms with Crippen LogP contribution in [0.3, 0.4) is 0 Å². The molecule has 1 aliphatic rings. The van der Waals surface area contributed by atoms with Gasteiger partial charge in [-0.1, -0.05) is 18.2 Å². The summed E-state index contributed by atoms with van der Waals surface area (Å²) in [6, 6.07) is 10.2. The second-order valence-corrected chi connectivity index (χ2v) is 6.01. The van der Waals surface area contributed by atoms with Crippen LogP contribution in [0.1, 0.15) is 27.3 Å². The number of hydrogen-bond acceptors (Lipinski definition) is 1. The number of aromatic amines is 1. The van der Waals surface area contributed by atoms with E-state index in [0.717, 1.165) is 40.8 Å². The standard InChI is InChI=1S/C18H19N3O/c1-12-7-9-19-14(12)11-21-10-8-16-17(18(21)22)13-5-3-4-6-15(13)20(16)2/h3-7,9,19H,8,10-11H2,1-2H3. The van der Waals surface area contributed by atoms with Gasteiger partial charge in [0.05, 0.1) is 12.1 Å². The molecule has 2 aromatic heterocycles. The van der Waals surface area contributed by atoms with Crippen LogP contribution in [0.4, 0.5) is 0 Å². The number of nitrogens with one attached hydrogen (secondary N) is 1. The lowest BCUT2D eigenvalue weighted by atomic mass is 10.0. The number of carbonyl (C=O) groups excluding carboxylic acids is 1. The van der Waals surface area contributed by atoms with Crippen LogP contribution < -0.4 is 0 Å². The van der Waals surface area contributed by atoms with E-state index in [1.165, 1.54) is 5.56 Å². The SMILES string of the molecule is Cc1cc[nH]c1CN1CCc2c(c3ccccc3n2C)C1=O. The van der Waals surface area contributed by atoms with Crippen LogP contribution >= 0.6 is 0 Å². The fraction of sp³-hybridized carbons (Fsp3) is 0.278. The maximum Gasteiger partial charge on any atom is 0.256 e. The first kappa shape index (κ1) is 13.2. The monoisotopic (exact) mass is 293 g/mol. The Bertz CT molecular complexity index is 872. The van der Waals surface area contributed by atoms with Gasteiger partial charge in [0.2, 0.25) is 0 Å². The van der Waals surface area contributed by atoms with Gasteiger partial charge in [0.15, 0.2) is 0 Å². The normalized spacial score (nSPS) is 14.6. The highest BCUT2D eigenvalue weighted by molar-refractivity contribution is 6.09. The highest BCUT2D eigenvalue weighted by Crippen LogP contribution is 2.30. The molecule has 1 aliphatic heterocycles. The molecule has 0 unspecified atom stereocenters. The molecule has 0 radical (unpaired) electrons. The molecule has 22 heavy (non-hydrogen) atoms.